The van der Waals surface area contributed by atoms with Gasteiger partial charge in [0.2, 0.25) is 0 Å². The Morgan fingerprint density at radius 1 is 1.43 bits per heavy atom. The summed E-state index contributed by atoms with van der Waals surface area (Å²) in [7, 11) is 0. The summed E-state index contributed by atoms with van der Waals surface area (Å²) in [6, 6.07) is 0. The van der Waals surface area contributed by atoms with Crippen LogP contribution in [0.25, 0.3) is 0 Å². The van der Waals surface area contributed by atoms with Gasteiger partial charge in [0.1, 0.15) is 5.82 Å². The highest BCUT2D eigenvalue weighted by Crippen LogP contribution is 2.44. The third-order valence-corrected chi connectivity index (χ3v) is 3.79. The molecule has 0 radical (unpaired) electrons. The number of hydrogen-bond donors (Lipinski definition) is 0. The molecule has 1 heterocycles. The molecule has 0 spiro atoms. The molecule has 2 heteroatoms. The molecule has 1 atom stereocenters. The van der Waals surface area contributed by atoms with Gasteiger partial charge in [-0.3, -0.25) is 4.98 Å². The smallest absolute Gasteiger partial charge is 0.144 e. The summed E-state index contributed by atoms with van der Waals surface area (Å²) in [5.41, 5.74) is 2.12. The maximum Gasteiger partial charge on any atom is 0.144 e. The van der Waals surface area contributed by atoms with Crippen LogP contribution in [-0.2, 0) is 11.8 Å². The molecule has 0 amide bonds. The van der Waals surface area contributed by atoms with Gasteiger partial charge in [0, 0.05) is 6.20 Å². The zero-order valence-electron chi connectivity index (χ0n) is 8.97. The topological polar surface area (TPSA) is 12.9 Å². The van der Waals surface area contributed by atoms with E-state index >= 15 is 0 Å². The van der Waals surface area contributed by atoms with Gasteiger partial charge < -0.3 is 0 Å². The largest absolute Gasteiger partial charge is 0.261 e. The van der Waals surface area contributed by atoms with Crippen molar-refractivity contribution in [1.29, 1.82) is 0 Å². The molecule has 0 N–H and O–H groups in total. The fourth-order valence-corrected chi connectivity index (χ4v) is 2.33. The Hall–Kier alpha value is -0.920. The van der Waals surface area contributed by atoms with Crippen LogP contribution in [0.1, 0.15) is 38.3 Å². The molecule has 76 valence electrons. The summed E-state index contributed by atoms with van der Waals surface area (Å²) >= 11 is 0. The van der Waals surface area contributed by atoms with Gasteiger partial charge >= 0.3 is 0 Å². The van der Waals surface area contributed by atoms with Crippen molar-refractivity contribution < 1.29 is 4.39 Å². The Morgan fingerprint density at radius 2 is 2.14 bits per heavy atom. The van der Waals surface area contributed by atoms with E-state index in [-0.39, 0.29) is 11.2 Å². The van der Waals surface area contributed by atoms with Crippen molar-refractivity contribution in [1.82, 2.24) is 4.98 Å². The van der Waals surface area contributed by atoms with Crippen LogP contribution in [0.4, 0.5) is 4.39 Å². The molecule has 0 aromatic carbocycles. The van der Waals surface area contributed by atoms with E-state index < -0.39 is 0 Å². The quantitative estimate of drug-likeness (QED) is 0.668. The van der Waals surface area contributed by atoms with E-state index in [0.717, 1.165) is 24.0 Å². The van der Waals surface area contributed by atoms with E-state index in [1.807, 2.05) is 6.20 Å². The normalized spacial score (nSPS) is 25.5. The van der Waals surface area contributed by atoms with Crippen molar-refractivity contribution in [3.63, 3.8) is 0 Å². The van der Waals surface area contributed by atoms with Gasteiger partial charge in [-0.05, 0) is 35.3 Å². The molecule has 0 fully saturated rings. The molecule has 1 aromatic heterocycles. The van der Waals surface area contributed by atoms with Crippen molar-refractivity contribution >= 4 is 0 Å². The van der Waals surface area contributed by atoms with Gasteiger partial charge in [0.25, 0.3) is 0 Å². The lowest BCUT2D eigenvalue weighted by Crippen LogP contribution is -2.25. The van der Waals surface area contributed by atoms with Crippen LogP contribution in [-0.4, -0.2) is 4.98 Å². The number of pyridine rings is 1. The standard InChI is InChI=1S/C12H16FN/c1-8(2)12(3)5-4-9-10(12)6-14-7-11(9)13/h6-8H,4-5H2,1-3H3. The van der Waals surface area contributed by atoms with E-state index in [9.17, 15) is 4.39 Å². The predicted molar refractivity (Wildman–Crippen MR) is 54.7 cm³/mol. The first-order valence-electron chi connectivity index (χ1n) is 5.18. The van der Waals surface area contributed by atoms with E-state index in [1.54, 1.807) is 0 Å². The van der Waals surface area contributed by atoms with E-state index in [1.165, 1.54) is 6.20 Å². The van der Waals surface area contributed by atoms with Crippen molar-refractivity contribution in [2.75, 3.05) is 0 Å². The second kappa shape index (κ2) is 3.04. The molecule has 1 aliphatic carbocycles. The number of hydrogen-bond acceptors (Lipinski definition) is 1. The minimum absolute atomic E-state index is 0.116. The van der Waals surface area contributed by atoms with Gasteiger partial charge in [-0.15, -0.1) is 0 Å². The highest BCUT2D eigenvalue weighted by molar-refractivity contribution is 5.37. The molecule has 1 unspecified atom stereocenters. The Kier molecular flexibility index (Phi) is 2.09. The summed E-state index contributed by atoms with van der Waals surface area (Å²) in [4.78, 5) is 3.96. The molecule has 1 aromatic rings. The van der Waals surface area contributed by atoms with Gasteiger partial charge in [-0.25, -0.2) is 4.39 Å². The molecule has 0 aliphatic heterocycles. The van der Waals surface area contributed by atoms with Crippen LogP contribution in [0.2, 0.25) is 0 Å². The first-order valence-corrected chi connectivity index (χ1v) is 5.18. The predicted octanol–water partition coefficient (Wildman–Crippen LogP) is 3.08. The van der Waals surface area contributed by atoms with Gasteiger partial charge in [-0.2, -0.15) is 0 Å². The van der Waals surface area contributed by atoms with E-state index in [0.29, 0.717) is 5.92 Å². The molecule has 2 rings (SSSR count). The number of halogens is 1. The first-order chi connectivity index (χ1) is 6.55. The van der Waals surface area contributed by atoms with Gasteiger partial charge in [0.05, 0.1) is 6.20 Å². The van der Waals surface area contributed by atoms with Crippen LogP contribution in [0.5, 0.6) is 0 Å². The van der Waals surface area contributed by atoms with Crippen LogP contribution in [0.3, 0.4) is 0 Å². The molecule has 0 saturated carbocycles. The minimum Gasteiger partial charge on any atom is -0.261 e. The summed E-state index contributed by atoms with van der Waals surface area (Å²) in [6.45, 7) is 6.60. The molecule has 0 bridgehead atoms. The molecule has 0 saturated heterocycles. The zero-order valence-corrected chi connectivity index (χ0v) is 8.97. The Morgan fingerprint density at radius 3 is 2.79 bits per heavy atom. The van der Waals surface area contributed by atoms with E-state index in [2.05, 4.69) is 25.8 Å². The highest BCUT2D eigenvalue weighted by Gasteiger charge is 2.38. The number of fused-ring (bicyclic) bond motifs is 1. The molecular formula is C12H16FN. The third-order valence-electron chi connectivity index (χ3n) is 3.79. The average Bonchev–Trinajstić information content (AvgIpc) is 2.47. The third kappa shape index (κ3) is 1.17. The first kappa shape index (κ1) is 9.63. The summed E-state index contributed by atoms with van der Waals surface area (Å²) in [5, 5.41) is 0. The minimum atomic E-state index is -0.133. The van der Waals surface area contributed by atoms with Crippen LogP contribution < -0.4 is 0 Å². The van der Waals surface area contributed by atoms with Crippen LogP contribution >= 0.6 is 0 Å². The maximum atomic E-state index is 13.4. The van der Waals surface area contributed by atoms with Gasteiger partial charge in [0.15, 0.2) is 0 Å². The summed E-state index contributed by atoms with van der Waals surface area (Å²) in [6.07, 6.45) is 5.07. The fraction of sp³-hybridized carbons (Fsp3) is 0.583. The Bertz CT molecular complexity index is 359. The lowest BCUT2D eigenvalue weighted by atomic mass is 9.75. The van der Waals surface area contributed by atoms with Crippen molar-refractivity contribution in [3.8, 4) is 0 Å². The molecule has 1 aliphatic rings. The summed E-state index contributed by atoms with van der Waals surface area (Å²) < 4.78 is 13.4. The highest BCUT2D eigenvalue weighted by atomic mass is 19.1. The van der Waals surface area contributed by atoms with Crippen LogP contribution in [0.15, 0.2) is 12.4 Å². The zero-order chi connectivity index (χ0) is 10.3. The van der Waals surface area contributed by atoms with Crippen molar-refractivity contribution in [2.24, 2.45) is 5.92 Å². The number of nitrogens with zero attached hydrogens (tertiary/aromatic N) is 1. The maximum absolute atomic E-state index is 13.4. The fourth-order valence-electron chi connectivity index (χ4n) is 2.33. The second-order valence-electron chi connectivity index (χ2n) is 4.72. The Balaban J connectivity index is 2.55. The van der Waals surface area contributed by atoms with Crippen molar-refractivity contribution in [3.05, 3.63) is 29.3 Å². The monoisotopic (exact) mass is 193 g/mol. The summed E-state index contributed by atoms with van der Waals surface area (Å²) in [5.74, 6) is 0.402. The van der Waals surface area contributed by atoms with Gasteiger partial charge in [-0.1, -0.05) is 20.8 Å². The lowest BCUT2D eigenvalue weighted by Gasteiger charge is -2.29. The van der Waals surface area contributed by atoms with Crippen LogP contribution in [0, 0.1) is 11.7 Å². The average molecular weight is 193 g/mol. The molecule has 14 heavy (non-hydrogen) atoms. The lowest BCUT2D eigenvalue weighted by molar-refractivity contribution is 0.336. The second-order valence-corrected chi connectivity index (χ2v) is 4.72. The Labute approximate surface area is 84.4 Å². The number of rotatable bonds is 1. The molecular weight excluding hydrogens is 177 g/mol. The number of aromatic nitrogens is 1. The SMILES string of the molecule is CC(C)C1(C)CCc2c(F)cncc21. The van der Waals surface area contributed by atoms with E-state index in [4.69, 9.17) is 0 Å². The molecule has 1 nitrogen and oxygen atoms in total. The van der Waals surface area contributed by atoms with Crippen molar-refractivity contribution in [2.45, 2.75) is 39.0 Å².